The van der Waals surface area contributed by atoms with E-state index in [9.17, 15) is 4.39 Å². The van der Waals surface area contributed by atoms with Crippen molar-refractivity contribution in [1.29, 1.82) is 0 Å². The molecule has 0 unspecified atom stereocenters. The number of aryl methyl sites for hydroxylation is 1. The summed E-state index contributed by atoms with van der Waals surface area (Å²) in [5.41, 5.74) is 2.14. The third kappa shape index (κ3) is 2.06. The second-order valence-electron chi connectivity index (χ2n) is 5.30. The van der Waals surface area contributed by atoms with Gasteiger partial charge in [0, 0.05) is 11.7 Å². The maximum Gasteiger partial charge on any atom is 0.125 e. The quantitative estimate of drug-likeness (QED) is 0.813. The maximum atomic E-state index is 13.2. The van der Waals surface area contributed by atoms with Crippen LogP contribution in [0.1, 0.15) is 31.2 Å². The Balaban J connectivity index is 1.78. The fourth-order valence-corrected chi connectivity index (χ4v) is 2.46. The number of benzene rings is 1. The van der Waals surface area contributed by atoms with Crippen LogP contribution in [0.15, 0.2) is 18.2 Å². The van der Waals surface area contributed by atoms with E-state index in [0.29, 0.717) is 6.04 Å². The Bertz CT molecular complexity index is 382. The van der Waals surface area contributed by atoms with Crippen molar-refractivity contribution in [1.82, 2.24) is 0 Å². The van der Waals surface area contributed by atoms with Crippen LogP contribution in [0.25, 0.3) is 0 Å². The SMILES string of the molecule is Cc1ccc(F)cc1NC(C1CC1)C1CC1. The monoisotopic (exact) mass is 219 g/mol. The molecular weight excluding hydrogens is 201 g/mol. The summed E-state index contributed by atoms with van der Waals surface area (Å²) < 4.78 is 13.2. The molecule has 0 spiro atoms. The number of anilines is 1. The molecule has 2 saturated carbocycles. The van der Waals surface area contributed by atoms with Crippen LogP contribution in [0.5, 0.6) is 0 Å². The lowest BCUT2D eigenvalue weighted by molar-refractivity contribution is 0.566. The molecule has 0 heterocycles. The first-order valence-corrected chi connectivity index (χ1v) is 6.27. The molecular formula is C14H18FN. The van der Waals surface area contributed by atoms with Crippen molar-refractivity contribution < 1.29 is 4.39 Å². The second kappa shape index (κ2) is 3.76. The Morgan fingerprint density at radius 3 is 2.38 bits per heavy atom. The zero-order valence-corrected chi connectivity index (χ0v) is 9.67. The van der Waals surface area contributed by atoms with Crippen LogP contribution in [0.4, 0.5) is 10.1 Å². The fraction of sp³-hybridized carbons (Fsp3) is 0.571. The molecule has 0 radical (unpaired) electrons. The number of rotatable bonds is 4. The van der Waals surface area contributed by atoms with Crippen molar-refractivity contribution in [2.45, 2.75) is 38.6 Å². The first-order valence-electron chi connectivity index (χ1n) is 6.27. The van der Waals surface area contributed by atoms with Crippen molar-refractivity contribution in [3.05, 3.63) is 29.6 Å². The Kier molecular flexibility index (Phi) is 2.38. The van der Waals surface area contributed by atoms with Crippen molar-refractivity contribution in [2.24, 2.45) is 11.8 Å². The number of hydrogen-bond acceptors (Lipinski definition) is 1. The van der Waals surface area contributed by atoms with Crippen molar-refractivity contribution >= 4 is 5.69 Å². The minimum Gasteiger partial charge on any atom is -0.381 e. The van der Waals surface area contributed by atoms with Crippen LogP contribution in [0, 0.1) is 24.6 Å². The van der Waals surface area contributed by atoms with Crippen LogP contribution in [-0.2, 0) is 0 Å². The topological polar surface area (TPSA) is 12.0 Å². The zero-order valence-electron chi connectivity index (χ0n) is 9.67. The Hall–Kier alpha value is -1.05. The van der Waals surface area contributed by atoms with Gasteiger partial charge in [-0.2, -0.15) is 0 Å². The zero-order chi connectivity index (χ0) is 11.1. The molecule has 2 aliphatic carbocycles. The minimum atomic E-state index is -0.140. The standard InChI is InChI=1S/C14H18FN/c1-9-2-7-12(15)8-13(9)16-14(10-3-4-10)11-5-6-11/h2,7-8,10-11,14,16H,3-6H2,1H3. The molecule has 2 fully saturated rings. The number of hydrogen-bond donors (Lipinski definition) is 1. The summed E-state index contributed by atoms with van der Waals surface area (Å²) in [5.74, 6) is 1.55. The molecule has 1 aromatic carbocycles. The molecule has 0 bridgehead atoms. The van der Waals surface area contributed by atoms with Gasteiger partial charge in [-0.1, -0.05) is 6.07 Å². The molecule has 16 heavy (non-hydrogen) atoms. The highest BCUT2D eigenvalue weighted by atomic mass is 19.1. The Labute approximate surface area is 96.1 Å². The Morgan fingerprint density at radius 1 is 1.19 bits per heavy atom. The molecule has 0 aliphatic heterocycles. The molecule has 0 saturated heterocycles. The first-order chi connectivity index (χ1) is 7.74. The third-order valence-corrected chi connectivity index (χ3v) is 3.78. The van der Waals surface area contributed by atoms with Gasteiger partial charge in [-0.25, -0.2) is 4.39 Å². The lowest BCUT2D eigenvalue weighted by Gasteiger charge is -2.20. The normalized spacial score (nSPS) is 20.2. The van der Waals surface area contributed by atoms with Crippen LogP contribution in [-0.4, -0.2) is 6.04 Å². The van der Waals surface area contributed by atoms with Gasteiger partial charge in [0.1, 0.15) is 5.82 Å². The predicted molar refractivity (Wildman–Crippen MR) is 64.0 cm³/mol. The van der Waals surface area contributed by atoms with E-state index in [1.165, 1.54) is 31.7 Å². The largest absolute Gasteiger partial charge is 0.381 e. The summed E-state index contributed by atoms with van der Waals surface area (Å²) in [6.45, 7) is 2.04. The lowest BCUT2D eigenvalue weighted by Crippen LogP contribution is -2.24. The van der Waals surface area contributed by atoms with Crippen molar-refractivity contribution in [2.75, 3.05) is 5.32 Å². The molecule has 1 aromatic rings. The molecule has 0 aromatic heterocycles. The summed E-state index contributed by atoms with van der Waals surface area (Å²) in [6, 6.07) is 5.62. The summed E-state index contributed by atoms with van der Waals surface area (Å²) in [4.78, 5) is 0. The molecule has 86 valence electrons. The van der Waals surface area contributed by atoms with Crippen molar-refractivity contribution in [3.63, 3.8) is 0 Å². The number of halogens is 1. The minimum absolute atomic E-state index is 0.140. The van der Waals surface area contributed by atoms with Crippen LogP contribution >= 0.6 is 0 Å². The predicted octanol–water partition coefficient (Wildman–Crippen LogP) is 3.73. The summed E-state index contributed by atoms with van der Waals surface area (Å²) >= 11 is 0. The average Bonchev–Trinajstić information content (AvgIpc) is 3.13. The van der Waals surface area contributed by atoms with E-state index in [1.54, 1.807) is 6.07 Å². The molecule has 2 heteroatoms. The Morgan fingerprint density at radius 2 is 1.81 bits per heavy atom. The van der Waals surface area contributed by atoms with Gasteiger partial charge in [-0.15, -0.1) is 0 Å². The molecule has 0 amide bonds. The van der Waals surface area contributed by atoms with Gasteiger partial charge in [0.05, 0.1) is 0 Å². The van der Waals surface area contributed by atoms with Crippen LogP contribution in [0.2, 0.25) is 0 Å². The second-order valence-corrected chi connectivity index (χ2v) is 5.30. The van der Waals surface area contributed by atoms with Gasteiger partial charge in [-0.3, -0.25) is 0 Å². The summed E-state index contributed by atoms with van der Waals surface area (Å²) in [6.07, 6.45) is 5.40. The maximum absolute atomic E-state index is 13.2. The van der Waals surface area contributed by atoms with Crippen molar-refractivity contribution in [3.8, 4) is 0 Å². The van der Waals surface area contributed by atoms with E-state index in [2.05, 4.69) is 5.32 Å². The third-order valence-electron chi connectivity index (χ3n) is 3.78. The van der Waals surface area contributed by atoms with Crippen LogP contribution in [0.3, 0.4) is 0 Å². The molecule has 3 rings (SSSR count). The van der Waals surface area contributed by atoms with E-state index in [1.807, 2.05) is 13.0 Å². The molecule has 1 N–H and O–H groups in total. The highest BCUT2D eigenvalue weighted by Gasteiger charge is 2.41. The fourth-order valence-electron chi connectivity index (χ4n) is 2.46. The van der Waals surface area contributed by atoms with Gasteiger partial charge in [-0.05, 0) is 62.1 Å². The summed E-state index contributed by atoms with van der Waals surface area (Å²) in [7, 11) is 0. The molecule has 1 nitrogen and oxygen atoms in total. The van der Waals surface area contributed by atoms with Gasteiger partial charge in [0.2, 0.25) is 0 Å². The van der Waals surface area contributed by atoms with Gasteiger partial charge in [0.25, 0.3) is 0 Å². The van der Waals surface area contributed by atoms with Crippen LogP contribution < -0.4 is 5.32 Å². The molecule has 2 aliphatic rings. The highest BCUT2D eigenvalue weighted by molar-refractivity contribution is 5.52. The first kappa shape index (κ1) is 10.1. The highest BCUT2D eigenvalue weighted by Crippen LogP contribution is 2.46. The van der Waals surface area contributed by atoms with E-state index >= 15 is 0 Å². The van der Waals surface area contributed by atoms with E-state index in [0.717, 1.165) is 23.1 Å². The molecule has 0 atom stereocenters. The van der Waals surface area contributed by atoms with E-state index in [4.69, 9.17) is 0 Å². The average molecular weight is 219 g/mol. The lowest BCUT2D eigenvalue weighted by atomic mass is 10.1. The smallest absolute Gasteiger partial charge is 0.125 e. The van der Waals surface area contributed by atoms with Gasteiger partial charge < -0.3 is 5.32 Å². The number of nitrogens with one attached hydrogen (secondary N) is 1. The summed E-state index contributed by atoms with van der Waals surface area (Å²) in [5, 5.41) is 3.57. The van der Waals surface area contributed by atoms with E-state index < -0.39 is 0 Å². The van der Waals surface area contributed by atoms with Gasteiger partial charge in [0.15, 0.2) is 0 Å². The van der Waals surface area contributed by atoms with Gasteiger partial charge >= 0.3 is 0 Å². The van der Waals surface area contributed by atoms with E-state index in [-0.39, 0.29) is 5.82 Å².